The van der Waals surface area contributed by atoms with Gasteiger partial charge in [0.15, 0.2) is 0 Å². The number of halogens is 1. The summed E-state index contributed by atoms with van der Waals surface area (Å²) in [6.07, 6.45) is 1.61. The van der Waals surface area contributed by atoms with E-state index in [0.29, 0.717) is 5.56 Å². The van der Waals surface area contributed by atoms with E-state index in [2.05, 4.69) is 32.3 Å². The lowest BCUT2D eigenvalue weighted by atomic mass is 10.1. The average molecular weight is 338 g/mol. The van der Waals surface area contributed by atoms with Crippen molar-refractivity contribution in [3.05, 3.63) is 64.3 Å². The number of aryl methyl sites for hydroxylation is 1. The third-order valence-corrected chi connectivity index (χ3v) is 3.85. The molecule has 1 heterocycles. The zero-order valence-corrected chi connectivity index (χ0v) is 13.0. The van der Waals surface area contributed by atoms with E-state index in [4.69, 9.17) is 0 Å². The molecule has 102 valence electrons. The smallest absolute Gasteiger partial charge is 0.103 e. The first-order valence-electron chi connectivity index (χ1n) is 6.50. The van der Waals surface area contributed by atoms with Crippen LogP contribution in [-0.2, 0) is 0 Å². The third-order valence-electron chi connectivity index (χ3n) is 3.36. The van der Waals surface area contributed by atoms with E-state index < -0.39 is 0 Å². The van der Waals surface area contributed by atoms with E-state index in [1.807, 2.05) is 49.4 Å². The number of nitriles is 1. The Labute approximate surface area is 131 Å². The van der Waals surface area contributed by atoms with Gasteiger partial charge in [-0.05, 0) is 30.7 Å². The van der Waals surface area contributed by atoms with E-state index >= 15 is 0 Å². The first-order valence-corrected chi connectivity index (χ1v) is 7.29. The van der Waals surface area contributed by atoms with Crippen molar-refractivity contribution in [3.63, 3.8) is 0 Å². The largest absolute Gasteiger partial charge is 0.354 e. The van der Waals surface area contributed by atoms with Crippen LogP contribution >= 0.6 is 15.9 Å². The Morgan fingerprint density at radius 2 is 2.00 bits per heavy atom. The molecule has 0 aliphatic rings. The molecule has 2 aromatic carbocycles. The van der Waals surface area contributed by atoms with Crippen molar-refractivity contribution in [1.82, 2.24) is 4.98 Å². The van der Waals surface area contributed by atoms with Gasteiger partial charge in [-0.1, -0.05) is 40.2 Å². The lowest BCUT2D eigenvalue weighted by molar-refractivity contribution is 1.35. The molecule has 0 fully saturated rings. The lowest BCUT2D eigenvalue weighted by Crippen LogP contribution is -1.98. The van der Waals surface area contributed by atoms with Crippen LogP contribution in [-0.4, -0.2) is 4.98 Å². The highest BCUT2D eigenvalue weighted by molar-refractivity contribution is 9.10. The number of hydrogen-bond acceptors (Lipinski definition) is 3. The van der Waals surface area contributed by atoms with Crippen molar-refractivity contribution < 1.29 is 0 Å². The summed E-state index contributed by atoms with van der Waals surface area (Å²) in [5.41, 5.74) is 4.28. The average Bonchev–Trinajstić information content (AvgIpc) is 2.51. The van der Waals surface area contributed by atoms with Crippen LogP contribution in [0.3, 0.4) is 0 Å². The monoisotopic (exact) mass is 337 g/mol. The summed E-state index contributed by atoms with van der Waals surface area (Å²) in [7, 11) is 0. The van der Waals surface area contributed by atoms with Crippen LogP contribution in [0, 0.1) is 18.3 Å². The molecular weight excluding hydrogens is 326 g/mol. The van der Waals surface area contributed by atoms with Gasteiger partial charge in [0.2, 0.25) is 0 Å². The zero-order chi connectivity index (χ0) is 14.8. The molecular formula is C17H12BrN3. The fourth-order valence-corrected chi connectivity index (χ4v) is 2.59. The van der Waals surface area contributed by atoms with Gasteiger partial charge in [0.05, 0.1) is 16.8 Å². The number of fused-ring (bicyclic) bond motifs is 1. The third kappa shape index (κ3) is 2.61. The summed E-state index contributed by atoms with van der Waals surface area (Å²) in [5.74, 6) is 0. The summed E-state index contributed by atoms with van der Waals surface area (Å²) in [6.45, 7) is 2.03. The topological polar surface area (TPSA) is 48.7 Å². The fraction of sp³-hybridized carbons (Fsp3) is 0.0588. The maximum atomic E-state index is 9.34. The number of nitrogens with one attached hydrogen (secondary N) is 1. The Morgan fingerprint density at radius 3 is 2.81 bits per heavy atom. The van der Waals surface area contributed by atoms with E-state index in [1.54, 1.807) is 6.20 Å². The van der Waals surface area contributed by atoms with Crippen LogP contribution in [0.2, 0.25) is 0 Å². The van der Waals surface area contributed by atoms with Gasteiger partial charge in [-0.3, -0.25) is 4.98 Å². The van der Waals surface area contributed by atoms with Crippen molar-refractivity contribution in [2.45, 2.75) is 6.92 Å². The minimum absolute atomic E-state index is 0.535. The molecule has 1 aromatic heterocycles. The standard InChI is InChI=1S/C17H12BrN3/c1-11-6-7-13(18)8-16(11)21-17-12(9-19)10-20-15-5-3-2-4-14(15)17/h2-8,10H,1H3,(H,20,21). The number of benzene rings is 2. The van der Waals surface area contributed by atoms with Crippen LogP contribution < -0.4 is 5.32 Å². The quantitative estimate of drug-likeness (QED) is 0.721. The van der Waals surface area contributed by atoms with Gasteiger partial charge in [-0.2, -0.15) is 5.26 Å². The second-order valence-electron chi connectivity index (χ2n) is 4.76. The molecule has 3 nitrogen and oxygen atoms in total. The summed E-state index contributed by atoms with van der Waals surface area (Å²) >= 11 is 3.48. The molecule has 0 amide bonds. The Morgan fingerprint density at radius 1 is 1.19 bits per heavy atom. The number of rotatable bonds is 2. The molecule has 0 spiro atoms. The first-order chi connectivity index (χ1) is 10.2. The minimum atomic E-state index is 0.535. The Hall–Kier alpha value is -2.38. The van der Waals surface area contributed by atoms with Gasteiger partial charge in [0.25, 0.3) is 0 Å². The van der Waals surface area contributed by atoms with Crippen LogP contribution in [0.25, 0.3) is 10.9 Å². The van der Waals surface area contributed by atoms with Gasteiger partial charge >= 0.3 is 0 Å². The van der Waals surface area contributed by atoms with Gasteiger partial charge in [-0.25, -0.2) is 0 Å². The highest BCUT2D eigenvalue weighted by Gasteiger charge is 2.10. The maximum Gasteiger partial charge on any atom is 0.103 e. The van der Waals surface area contributed by atoms with Crippen LogP contribution in [0.5, 0.6) is 0 Å². The molecule has 0 bridgehead atoms. The van der Waals surface area contributed by atoms with Crippen LogP contribution in [0.4, 0.5) is 11.4 Å². The predicted molar refractivity (Wildman–Crippen MR) is 88.6 cm³/mol. The molecule has 0 aliphatic heterocycles. The molecule has 3 aromatic rings. The number of hydrogen-bond donors (Lipinski definition) is 1. The molecule has 1 N–H and O–H groups in total. The maximum absolute atomic E-state index is 9.34. The highest BCUT2D eigenvalue weighted by Crippen LogP contribution is 2.31. The van der Waals surface area contributed by atoms with Crippen molar-refractivity contribution >= 4 is 38.2 Å². The van der Waals surface area contributed by atoms with Crippen molar-refractivity contribution in [1.29, 1.82) is 5.26 Å². The van der Waals surface area contributed by atoms with Gasteiger partial charge in [0, 0.05) is 21.7 Å². The van der Waals surface area contributed by atoms with Gasteiger partial charge in [0.1, 0.15) is 6.07 Å². The van der Waals surface area contributed by atoms with Crippen LogP contribution in [0.1, 0.15) is 11.1 Å². The number of nitrogens with zero attached hydrogens (tertiary/aromatic N) is 2. The Kier molecular flexibility index (Phi) is 3.59. The molecule has 0 atom stereocenters. The second-order valence-corrected chi connectivity index (χ2v) is 5.68. The van der Waals surface area contributed by atoms with E-state index in [1.165, 1.54) is 0 Å². The summed E-state index contributed by atoms with van der Waals surface area (Å²) in [6, 6.07) is 16.0. The van der Waals surface area contributed by atoms with Crippen molar-refractivity contribution in [3.8, 4) is 6.07 Å². The predicted octanol–water partition coefficient (Wildman–Crippen LogP) is 4.92. The summed E-state index contributed by atoms with van der Waals surface area (Å²) in [5, 5.41) is 13.7. The Bertz CT molecular complexity index is 866. The van der Waals surface area contributed by atoms with E-state index in [-0.39, 0.29) is 0 Å². The highest BCUT2D eigenvalue weighted by atomic mass is 79.9. The first kappa shape index (κ1) is 13.6. The fourth-order valence-electron chi connectivity index (χ4n) is 2.22. The normalized spacial score (nSPS) is 10.3. The molecule has 0 unspecified atom stereocenters. The molecule has 0 saturated carbocycles. The van der Waals surface area contributed by atoms with E-state index in [9.17, 15) is 5.26 Å². The second kappa shape index (κ2) is 5.55. The molecule has 4 heteroatoms. The SMILES string of the molecule is Cc1ccc(Br)cc1Nc1c(C#N)cnc2ccccc12. The molecule has 0 saturated heterocycles. The number of anilines is 2. The van der Waals surface area contributed by atoms with Gasteiger partial charge in [-0.15, -0.1) is 0 Å². The molecule has 21 heavy (non-hydrogen) atoms. The lowest BCUT2D eigenvalue weighted by Gasteiger charge is -2.13. The van der Waals surface area contributed by atoms with Crippen molar-refractivity contribution in [2.75, 3.05) is 5.32 Å². The summed E-state index contributed by atoms with van der Waals surface area (Å²) < 4.78 is 0.993. The zero-order valence-electron chi connectivity index (χ0n) is 11.4. The molecule has 0 aliphatic carbocycles. The van der Waals surface area contributed by atoms with Crippen molar-refractivity contribution in [2.24, 2.45) is 0 Å². The number of aromatic nitrogens is 1. The Balaban J connectivity index is 2.19. The van der Waals surface area contributed by atoms with Crippen LogP contribution in [0.15, 0.2) is 53.1 Å². The molecule has 0 radical (unpaired) electrons. The molecule has 3 rings (SSSR count). The van der Waals surface area contributed by atoms with Gasteiger partial charge < -0.3 is 5.32 Å². The number of pyridine rings is 1. The number of para-hydroxylation sites is 1. The van der Waals surface area contributed by atoms with E-state index in [0.717, 1.165) is 32.3 Å². The minimum Gasteiger partial charge on any atom is -0.354 e. The summed E-state index contributed by atoms with van der Waals surface area (Å²) in [4.78, 5) is 4.32.